The van der Waals surface area contributed by atoms with E-state index in [0.29, 0.717) is 6.54 Å². The molecule has 0 atom stereocenters. The summed E-state index contributed by atoms with van der Waals surface area (Å²) in [4.78, 5) is 7.30. The average molecular weight is 459 g/mol. The van der Waals surface area contributed by atoms with Crippen molar-refractivity contribution >= 4 is 41.3 Å². The molecule has 0 spiro atoms. The Labute approximate surface area is 165 Å². The van der Waals surface area contributed by atoms with Crippen molar-refractivity contribution in [3.05, 3.63) is 51.2 Å². The molecule has 2 aromatic rings. The van der Waals surface area contributed by atoms with Gasteiger partial charge < -0.3 is 15.4 Å². The van der Waals surface area contributed by atoms with Gasteiger partial charge in [-0.05, 0) is 50.1 Å². The summed E-state index contributed by atoms with van der Waals surface area (Å²) in [5, 5.41) is 6.67. The summed E-state index contributed by atoms with van der Waals surface area (Å²) in [5.41, 5.74) is 2.31. The maximum absolute atomic E-state index is 5.29. The maximum atomic E-state index is 5.29. The Morgan fingerprint density at radius 2 is 1.96 bits per heavy atom. The van der Waals surface area contributed by atoms with Crippen LogP contribution in [0.2, 0.25) is 0 Å². The molecule has 0 bridgehead atoms. The smallest absolute Gasteiger partial charge is 0.191 e. The van der Waals surface area contributed by atoms with Crippen LogP contribution in [0.3, 0.4) is 0 Å². The zero-order valence-corrected chi connectivity index (χ0v) is 17.8. The van der Waals surface area contributed by atoms with E-state index in [-0.39, 0.29) is 24.0 Å². The summed E-state index contributed by atoms with van der Waals surface area (Å²) >= 11 is 1.81. The molecule has 1 heterocycles. The molecule has 0 fully saturated rings. The third kappa shape index (κ3) is 6.32. The Morgan fingerprint density at radius 3 is 2.54 bits per heavy atom. The summed E-state index contributed by atoms with van der Waals surface area (Å²) < 4.78 is 5.29. The summed E-state index contributed by atoms with van der Waals surface area (Å²) in [6.45, 7) is 8.53. The van der Waals surface area contributed by atoms with Crippen molar-refractivity contribution in [1.82, 2.24) is 10.6 Å². The quantitative estimate of drug-likeness (QED) is 0.386. The molecule has 0 unspecified atom stereocenters. The van der Waals surface area contributed by atoms with E-state index in [9.17, 15) is 0 Å². The number of nitrogens with zero attached hydrogens (tertiary/aromatic N) is 1. The first-order chi connectivity index (χ1) is 11.1. The summed E-state index contributed by atoms with van der Waals surface area (Å²) in [5.74, 6) is 1.75. The van der Waals surface area contributed by atoms with Crippen molar-refractivity contribution in [1.29, 1.82) is 0 Å². The van der Waals surface area contributed by atoms with Crippen LogP contribution >= 0.6 is 35.3 Å². The topological polar surface area (TPSA) is 45.7 Å². The van der Waals surface area contributed by atoms with Gasteiger partial charge in [0.1, 0.15) is 5.75 Å². The van der Waals surface area contributed by atoms with Crippen LogP contribution in [-0.4, -0.2) is 19.6 Å². The van der Waals surface area contributed by atoms with Crippen LogP contribution in [-0.2, 0) is 13.1 Å². The number of hydrogen-bond donors (Lipinski definition) is 2. The van der Waals surface area contributed by atoms with Gasteiger partial charge in [-0.3, -0.25) is 0 Å². The number of ether oxygens (including phenoxy) is 1. The van der Waals surface area contributed by atoms with E-state index >= 15 is 0 Å². The standard InChI is InChI=1S/C18H25N3OS.HI/c1-5-19-18(21-12-16-8-6-14(3)23-16)20-11-15-7-9-17(22-4)13(2)10-15;/h6-10H,5,11-12H2,1-4H3,(H2,19,20,21);1H. The summed E-state index contributed by atoms with van der Waals surface area (Å²) in [6, 6.07) is 10.5. The third-order valence-electron chi connectivity index (χ3n) is 3.45. The molecule has 1 aromatic heterocycles. The van der Waals surface area contributed by atoms with E-state index in [0.717, 1.165) is 30.4 Å². The lowest BCUT2D eigenvalue weighted by Gasteiger charge is -2.11. The first-order valence-corrected chi connectivity index (χ1v) is 8.65. The fourth-order valence-corrected chi connectivity index (χ4v) is 3.13. The van der Waals surface area contributed by atoms with E-state index in [1.165, 1.54) is 15.3 Å². The Balaban J connectivity index is 0.00000288. The van der Waals surface area contributed by atoms with Gasteiger partial charge in [0.05, 0.1) is 20.2 Å². The van der Waals surface area contributed by atoms with Crippen LogP contribution in [0, 0.1) is 13.8 Å². The first kappa shape index (κ1) is 20.8. The molecule has 0 amide bonds. The van der Waals surface area contributed by atoms with Crippen molar-refractivity contribution in [3.8, 4) is 5.75 Å². The van der Waals surface area contributed by atoms with Gasteiger partial charge in [0.25, 0.3) is 0 Å². The van der Waals surface area contributed by atoms with Crippen molar-refractivity contribution in [2.24, 2.45) is 4.99 Å². The Morgan fingerprint density at radius 1 is 1.17 bits per heavy atom. The van der Waals surface area contributed by atoms with Gasteiger partial charge in [-0.1, -0.05) is 12.1 Å². The highest BCUT2D eigenvalue weighted by Crippen LogP contribution is 2.19. The van der Waals surface area contributed by atoms with E-state index in [2.05, 4.69) is 60.7 Å². The van der Waals surface area contributed by atoms with Crippen LogP contribution in [0.25, 0.3) is 0 Å². The molecule has 0 aliphatic heterocycles. The number of hydrogen-bond acceptors (Lipinski definition) is 3. The highest BCUT2D eigenvalue weighted by molar-refractivity contribution is 14.0. The minimum Gasteiger partial charge on any atom is -0.496 e. The molecule has 1 aromatic carbocycles. The Hall–Kier alpha value is -1.28. The molecule has 4 nitrogen and oxygen atoms in total. The number of nitrogens with one attached hydrogen (secondary N) is 2. The first-order valence-electron chi connectivity index (χ1n) is 7.83. The molecule has 0 aliphatic carbocycles. The molecule has 6 heteroatoms. The number of thiophene rings is 1. The SMILES string of the molecule is CCNC(=NCc1ccc(OC)c(C)c1)NCc1ccc(C)s1.I. The van der Waals surface area contributed by atoms with Gasteiger partial charge in [-0.15, -0.1) is 35.3 Å². The molecule has 0 saturated heterocycles. The van der Waals surface area contributed by atoms with Crippen molar-refractivity contribution < 1.29 is 4.74 Å². The molecule has 132 valence electrons. The van der Waals surface area contributed by atoms with Crippen molar-refractivity contribution in [2.75, 3.05) is 13.7 Å². The fraction of sp³-hybridized carbons (Fsp3) is 0.389. The van der Waals surface area contributed by atoms with Gasteiger partial charge in [-0.2, -0.15) is 0 Å². The van der Waals surface area contributed by atoms with Gasteiger partial charge in [0, 0.05) is 16.3 Å². The fourth-order valence-electron chi connectivity index (χ4n) is 2.30. The van der Waals surface area contributed by atoms with E-state index in [1.54, 1.807) is 7.11 Å². The molecular weight excluding hydrogens is 433 g/mol. The summed E-state index contributed by atoms with van der Waals surface area (Å²) in [7, 11) is 1.69. The second-order valence-electron chi connectivity index (χ2n) is 5.37. The number of aryl methyl sites for hydroxylation is 2. The minimum absolute atomic E-state index is 0. The van der Waals surface area contributed by atoms with E-state index in [1.807, 2.05) is 17.4 Å². The van der Waals surface area contributed by atoms with Crippen LogP contribution in [0.5, 0.6) is 5.75 Å². The Bertz CT molecular complexity index is 670. The monoisotopic (exact) mass is 459 g/mol. The van der Waals surface area contributed by atoms with Crippen molar-refractivity contribution in [2.45, 2.75) is 33.9 Å². The molecule has 2 N–H and O–H groups in total. The highest BCUT2D eigenvalue weighted by atomic mass is 127. The van der Waals surface area contributed by atoms with Crippen molar-refractivity contribution in [3.63, 3.8) is 0 Å². The van der Waals surface area contributed by atoms with E-state index in [4.69, 9.17) is 4.74 Å². The molecule has 0 saturated carbocycles. The lowest BCUT2D eigenvalue weighted by atomic mass is 10.1. The number of aliphatic imine (C=N–C) groups is 1. The maximum Gasteiger partial charge on any atom is 0.191 e. The van der Waals surface area contributed by atoms with Gasteiger partial charge >= 0.3 is 0 Å². The second-order valence-corrected chi connectivity index (χ2v) is 6.74. The predicted octanol–water partition coefficient (Wildman–Crippen LogP) is 4.25. The molecule has 0 radical (unpaired) electrons. The normalized spacial score (nSPS) is 10.9. The number of methoxy groups -OCH3 is 1. The molecule has 2 rings (SSSR count). The van der Waals surface area contributed by atoms with Crippen LogP contribution in [0.15, 0.2) is 35.3 Å². The predicted molar refractivity (Wildman–Crippen MR) is 114 cm³/mol. The van der Waals surface area contributed by atoms with Crippen LogP contribution in [0.4, 0.5) is 0 Å². The molecule has 24 heavy (non-hydrogen) atoms. The largest absolute Gasteiger partial charge is 0.496 e. The summed E-state index contributed by atoms with van der Waals surface area (Å²) in [6.07, 6.45) is 0. The lowest BCUT2D eigenvalue weighted by Crippen LogP contribution is -2.36. The Kier molecular flexibility index (Phi) is 9.13. The number of guanidine groups is 1. The second kappa shape index (κ2) is 10.6. The van der Waals surface area contributed by atoms with Crippen LogP contribution < -0.4 is 15.4 Å². The zero-order chi connectivity index (χ0) is 16.7. The van der Waals surface area contributed by atoms with E-state index < -0.39 is 0 Å². The van der Waals surface area contributed by atoms with Gasteiger partial charge in [0.15, 0.2) is 5.96 Å². The number of benzene rings is 1. The van der Waals surface area contributed by atoms with Gasteiger partial charge in [0.2, 0.25) is 0 Å². The molecular formula is C18H26IN3OS. The number of rotatable bonds is 6. The van der Waals surface area contributed by atoms with Crippen LogP contribution in [0.1, 0.15) is 27.8 Å². The minimum atomic E-state index is 0. The third-order valence-corrected chi connectivity index (χ3v) is 4.45. The lowest BCUT2D eigenvalue weighted by molar-refractivity contribution is 0.411. The van der Waals surface area contributed by atoms with Gasteiger partial charge in [-0.25, -0.2) is 4.99 Å². The number of halogens is 1. The molecule has 0 aliphatic rings. The highest BCUT2D eigenvalue weighted by Gasteiger charge is 2.02. The average Bonchev–Trinajstić information content (AvgIpc) is 2.95. The zero-order valence-electron chi connectivity index (χ0n) is 14.7.